The number of rotatable bonds is 0. The van der Waals surface area contributed by atoms with Gasteiger partial charge in [-0.3, -0.25) is 0 Å². The Kier molecular flexibility index (Phi) is 0.821. The Labute approximate surface area is 37.3 Å². The quantitative estimate of drug-likeness (QED) is 0.419. The van der Waals surface area contributed by atoms with Gasteiger partial charge in [-0.05, 0) is 13.3 Å². The van der Waals surface area contributed by atoms with Crippen LogP contribution in [0.1, 0.15) is 13.3 Å². The van der Waals surface area contributed by atoms with Gasteiger partial charge in [0.25, 0.3) is 0 Å². The zero-order valence-electron chi connectivity index (χ0n) is 3.85. The molecule has 35 valence electrons. The largest absolute Gasteiger partial charge is 0.152 e. The Morgan fingerprint density at radius 1 is 1.83 bits per heavy atom. The van der Waals surface area contributed by atoms with Crippen LogP contribution in [0.4, 0.5) is 0 Å². The molecule has 0 amide bonds. The van der Waals surface area contributed by atoms with Gasteiger partial charge in [-0.2, -0.15) is 5.06 Å². The summed E-state index contributed by atoms with van der Waals surface area (Å²) in [6, 6.07) is 0.310. The van der Waals surface area contributed by atoms with Crippen molar-refractivity contribution < 1.29 is 5.21 Å². The lowest BCUT2D eigenvalue weighted by molar-refractivity contribution is -0.229. The summed E-state index contributed by atoms with van der Waals surface area (Å²) in [6.45, 7) is 2.69. The zero-order chi connectivity index (χ0) is 4.57. The van der Waals surface area contributed by atoms with Crippen molar-refractivity contribution >= 4 is 0 Å². The van der Waals surface area contributed by atoms with Gasteiger partial charge in [0.15, 0.2) is 0 Å². The van der Waals surface area contributed by atoms with Crippen LogP contribution in [0, 0.1) is 0 Å². The van der Waals surface area contributed by atoms with E-state index in [1.807, 2.05) is 6.92 Å². The van der Waals surface area contributed by atoms with E-state index in [-0.39, 0.29) is 0 Å². The molecule has 0 bridgehead atoms. The second-order valence-corrected chi connectivity index (χ2v) is 1.78. The summed E-state index contributed by atoms with van der Waals surface area (Å²) in [5.74, 6) is 0. The van der Waals surface area contributed by atoms with Crippen LogP contribution < -0.4 is 0 Å². The van der Waals surface area contributed by atoms with E-state index in [9.17, 15) is 5.21 Å². The fourth-order valence-corrected chi connectivity index (χ4v) is 0.493. The second kappa shape index (κ2) is 1.21. The molecule has 1 atom stereocenters. The number of nitrogens with zero attached hydrogens (tertiary/aromatic N) is 1. The minimum atomic E-state index is 0.310. The molecule has 0 aromatic rings. The summed E-state index contributed by atoms with van der Waals surface area (Å²) >= 11 is 0. The number of hydrogen-bond donors (Lipinski definition) is 0. The van der Waals surface area contributed by atoms with Gasteiger partial charge in [-0.1, -0.05) is 0 Å². The van der Waals surface area contributed by atoms with E-state index < -0.39 is 0 Å². The molecular weight excluding hydrogens is 78.0 g/mol. The molecule has 2 heteroatoms. The molecule has 1 unspecified atom stereocenters. The predicted molar refractivity (Wildman–Crippen MR) is 21.5 cm³/mol. The molecule has 1 rings (SSSR count). The second-order valence-electron chi connectivity index (χ2n) is 1.78. The van der Waals surface area contributed by atoms with Crippen LogP contribution in [-0.2, 0) is 5.21 Å². The number of hydroxylamine groups is 2. The molecule has 0 saturated carbocycles. The van der Waals surface area contributed by atoms with E-state index in [2.05, 4.69) is 0 Å². The maximum absolute atomic E-state index is 10.1. The molecule has 1 saturated heterocycles. The summed E-state index contributed by atoms with van der Waals surface area (Å²) in [7, 11) is 0. The Hall–Kier alpha value is -0.0800. The SMILES string of the molecule is CC1CCN1[O]. The fourth-order valence-electron chi connectivity index (χ4n) is 0.493. The molecule has 2 nitrogen and oxygen atoms in total. The summed E-state index contributed by atoms with van der Waals surface area (Å²) in [5.41, 5.74) is 0. The van der Waals surface area contributed by atoms with Gasteiger partial charge in [0, 0.05) is 12.6 Å². The lowest BCUT2D eigenvalue weighted by atomic mass is 10.1. The third-order valence-corrected chi connectivity index (χ3v) is 1.26. The average molecular weight is 86.1 g/mol. The first-order valence-electron chi connectivity index (χ1n) is 2.24. The Morgan fingerprint density at radius 3 is 2.33 bits per heavy atom. The van der Waals surface area contributed by atoms with Gasteiger partial charge in [-0.25, -0.2) is 0 Å². The van der Waals surface area contributed by atoms with Gasteiger partial charge in [0.2, 0.25) is 0 Å². The first kappa shape index (κ1) is 4.09. The van der Waals surface area contributed by atoms with Gasteiger partial charge in [-0.15, -0.1) is 5.21 Å². The molecule has 0 N–H and O–H groups in total. The molecule has 6 heavy (non-hydrogen) atoms. The van der Waals surface area contributed by atoms with Crippen LogP contribution >= 0.6 is 0 Å². The molecule has 1 heterocycles. The lowest BCUT2D eigenvalue weighted by Crippen LogP contribution is -2.41. The molecular formula is C4H8NO. The van der Waals surface area contributed by atoms with E-state index >= 15 is 0 Å². The van der Waals surface area contributed by atoms with Crippen molar-refractivity contribution in [1.29, 1.82) is 0 Å². The van der Waals surface area contributed by atoms with E-state index in [0.29, 0.717) is 6.04 Å². The highest BCUT2D eigenvalue weighted by Crippen LogP contribution is 2.11. The Bertz CT molecular complexity index is 47.5. The molecule has 0 aromatic carbocycles. The van der Waals surface area contributed by atoms with Crippen molar-refractivity contribution in [2.75, 3.05) is 6.54 Å². The van der Waals surface area contributed by atoms with E-state index in [1.165, 1.54) is 0 Å². The average Bonchev–Trinajstić information content (AvgIpc) is 1.61. The normalized spacial score (nSPS) is 36.0. The van der Waals surface area contributed by atoms with Gasteiger partial charge < -0.3 is 0 Å². The lowest BCUT2D eigenvalue weighted by Gasteiger charge is -2.29. The van der Waals surface area contributed by atoms with Crippen LogP contribution in [0.5, 0.6) is 0 Å². The van der Waals surface area contributed by atoms with Crippen molar-refractivity contribution in [3.63, 3.8) is 0 Å². The summed E-state index contributed by atoms with van der Waals surface area (Å²) < 4.78 is 0. The van der Waals surface area contributed by atoms with Crippen LogP contribution in [0.2, 0.25) is 0 Å². The molecule has 1 radical (unpaired) electrons. The van der Waals surface area contributed by atoms with Crippen molar-refractivity contribution in [2.24, 2.45) is 0 Å². The van der Waals surface area contributed by atoms with Gasteiger partial charge in [0.1, 0.15) is 0 Å². The van der Waals surface area contributed by atoms with Crippen molar-refractivity contribution in [3.8, 4) is 0 Å². The predicted octanol–water partition coefficient (Wildman–Crippen LogP) is 0.426. The first-order valence-corrected chi connectivity index (χ1v) is 2.24. The monoisotopic (exact) mass is 86.1 g/mol. The Morgan fingerprint density at radius 2 is 2.33 bits per heavy atom. The van der Waals surface area contributed by atoms with E-state index in [4.69, 9.17) is 0 Å². The Balaban J connectivity index is 2.20. The topological polar surface area (TPSA) is 23.1 Å². The molecule has 0 aromatic heterocycles. The third kappa shape index (κ3) is 0.420. The molecule has 0 aliphatic carbocycles. The third-order valence-electron chi connectivity index (χ3n) is 1.26. The van der Waals surface area contributed by atoms with Crippen LogP contribution in [-0.4, -0.2) is 17.6 Å². The van der Waals surface area contributed by atoms with Crippen molar-refractivity contribution in [3.05, 3.63) is 0 Å². The minimum Gasteiger partial charge on any atom is -0.152 e. The summed E-state index contributed by atoms with van der Waals surface area (Å²) in [5, 5.41) is 11.2. The molecule has 0 spiro atoms. The number of hydrogen-bond acceptors (Lipinski definition) is 1. The highest BCUT2D eigenvalue weighted by atomic mass is 16.5. The highest BCUT2D eigenvalue weighted by molar-refractivity contribution is 4.69. The summed E-state index contributed by atoms with van der Waals surface area (Å²) in [6.07, 6.45) is 1.09. The van der Waals surface area contributed by atoms with Crippen molar-refractivity contribution in [1.82, 2.24) is 5.06 Å². The van der Waals surface area contributed by atoms with E-state index in [0.717, 1.165) is 18.0 Å². The maximum Gasteiger partial charge on any atom is 0.0368 e. The fraction of sp³-hybridized carbons (Fsp3) is 1.00. The van der Waals surface area contributed by atoms with Gasteiger partial charge in [0.05, 0.1) is 0 Å². The van der Waals surface area contributed by atoms with E-state index in [1.54, 1.807) is 0 Å². The van der Waals surface area contributed by atoms with Gasteiger partial charge >= 0.3 is 0 Å². The van der Waals surface area contributed by atoms with Crippen LogP contribution in [0.3, 0.4) is 0 Å². The molecule has 1 aliphatic heterocycles. The minimum absolute atomic E-state index is 0.310. The maximum atomic E-state index is 10.1. The van der Waals surface area contributed by atoms with Crippen molar-refractivity contribution in [2.45, 2.75) is 19.4 Å². The standard InChI is InChI=1S/C4H8NO/c1-4-2-3-5(4)6/h4H,2-3H2,1H3. The highest BCUT2D eigenvalue weighted by Gasteiger charge is 2.21. The van der Waals surface area contributed by atoms with Crippen LogP contribution in [0.15, 0.2) is 0 Å². The first-order chi connectivity index (χ1) is 2.80. The smallest absolute Gasteiger partial charge is 0.0368 e. The summed E-state index contributed by atoms with van der Waals surface area (Å²) in [4.78, 5) is 0. The van der Waals surface area contributed by atoms with Crippen LogP contribution in [0.25, 0.3) is 0 Å². The zero-order valence-corrected chi connectivity index (χ0v) is 3.85. The molecule has 1 aliphatic rings. The molecule has 1 fully saturated rings.